The number of nitrogen functional groups attached to an aromatic ring is 1. The van der Waals surface area contributed by atoms with E-state index in [-0.39, 0.29) is 23.1 Å². The molecule has 4 rings (SSSR count). The summed E-state index contributed by atoms with van der Waals surface area (Å²) in [5.74, 6) is 0.599. The summed E-state index contributed by atoms with van der Waals surface area (Å²) in [6, 6.07) is 1.95. The Balaban J connectivity index is 1.43. The van der Waals surface area contributed by atoms with Crippen molar-refractivity contribution >= 4 is 11.5 Å². The maximum atomic E-state index is 12.7. The minimum Gasteiger partial charge on any atom is -0.402 e. The third-order valence-corrected chi connectivity index (χ3v) is 7.32. The van der Waals surface area contributed by atoms with Crippen molar-refractivity contribution in [2.75, 3.05) is 38.5 Å². The summed E-state index contributed by atoms with van der Waals surface area (Å²) in [7, 11) is 0. The molecule has 0 radical (unpaired) electrons. The molecule has 10 heteroatoms. The van der Waals surface area contributed by atoms with Crippen LogP contribution in [0.25, 0.3) is 0 Å². The zero-order chi connectivity index (χ0) is 24.6. The van der Waals surface area contributed by atoms with Gasteiger partial charge in [-0.25, -0.2) is 4.98 Å². The van der Waals surface area contributed by atoms with Gasteiger partial charge in [0, 0.05) is 61.6 Å². The molecule has 0 aromatic carbocycles. The van der Waals surface area contributed by atoms with E-state index in [2.05, 4.69) is 31.8 Å². The molecule has 1 unspecified atom stereocenters. The topological polar surface area (TPSA) is 90.5 Å². The number of nitrogens with two attached hydrogens (primary N) is 1. The second-order valence-electron chi connectivity index (χ2n) is 9.92. The van der Waals surface area contributed by atoms with E-state index in [1.54, 1.807) is 6.08 Å². The van der Waals surface area contributed by atoms with Crippen LogP contribution in [-0.4, -0.2) is 71.7 Å². The Kier molecular flexibility index (Phi) is 7.09. The Morgan fingerprint density at radius 1 is 1.26 bits per heavy atom. The van der Waals surface area contributed by atoms with Gasteiger partial charge in [0.25, 0.3) is 0 Å². The third kappa shape index (κ3) is 5.66. The highest BCUT2D eigenvalue weighted by Gasteiger charge is 2.58. The van der Waals surface area contributed by atoms with Crippen LogP contribution in [0.5, 0.6) is 5.75 Å². The molecule has 0 spiro atoms. The molecule has 4 N–H and O–H groups in total. The second kappa shape index (κ2) is 9.73. The van der Waals surface area contributed by atoms with Gasteiger partial charge in [0.1, 0.15) is 0 Å². The first kappa shape index (κ1) is 24.8. The summed E-state index contributed by atoms with van der Waals surface area (Å²) in [5, 5.41) is 12.0. The van der Waals surface area contributed by atoms with E-state index in [1.165, 1.54) is 19.0 Å². The van der Waals surface area contributed by atoms with Crippen LogP contribution in [0, 0.1) is 23.2 Å². The summed E-state index contributed by atoms with van der Waals surface area (Å²) in [4.78, 5) is 8.93. The fraction of sp³-hybridized carbons (Fsp3) is 0.667. The number of alkyl halides is 3. The van der Waals surface area contributed by atoms with E-state index in [0.29, 0.717) is 23.8 Å². The molecule has 2 saturated carbocycles. The van der Waals surface area contributed by atoms with Crippen LogP contribution in [0.3, 0.4) is 0 Å². The highest BCUT2D eigenvalue weighted by Crippen LogP contribution is 2.61. The van der Waals surface area contributed by atoms with Crippen LogP contribution < -0.4 is 15.8 Å². The number of halogens is 3. The fourth-order valence-electron chi connectivity index (χ4n) is 5.63. The molecule has 0 bridgehead atoms. The van der Waals surface area contributed by atoms with E-state index in [9.17, 15) is 13.2 Å². The Labute approximate surface area is 199 Å². The Morgan fingerprint density at radius 3 is 2.47 bits per heavy atom. The molecule has 188 valence electrons. The van der Waals surface area contributed by atoms with Crippen molar-refractivity contribution in [1.82, 2.24) is 20.1 Å². The zero-order valence-corrected chi connectivity index (χ0v) is 20.0. The first-order valence-electron chi connectivity index (χ1n) is 12.1. The standard InChI is InChI=1S/C24H35F3N6O/c1-4-32-5-7-33(8-6-32)16-10-17-18(11-16)22(17)20(31-14(2)3)12-19(28)15-9-21(23(29)30-13-15)34-24(25,26)27/h9,12-14,16-18,22,28,31H,4-8,10-11H2,1-3H3,(H2,29,30)/b20-12-,28-19?/t16?,17-,18+,22+. The largest absolute Gasteiger partial charge is 0.573 e. The highest BCUT2D eigenvalue weighted by molar-refractivity contribution is 6.07. The minimum absolute atomic E-state index is 0.0832. The number of piperazine rings is 1. The number of likely N-dealkylation sites (N-methyl/N-ethyl adjacent to an activating group) is 1. The summed E-state index contributed by atoms with van der Waals surface area (Å²) < 4.78 is 42.0. The lowest BCUT2D eigenvalue weighted by molar-refractivity contribution is -0.274. The number of fused-ring (bicyclic) bond motifs is 1. The monoisotopic (exact) mass is 480 g/mol. The number of hydrogen-bond acceptors (Lipinski definition) is 7. The number of allylic oxidation sites excluding steroid dienone is 2. The molecule has 4 atom stereocenters. The molecule has 1 saturated heterocycles. The van der Waals surface area contributed by atoms with Gasteiger partial charge in [-0.1, -0.05) is 6.92 Å². The molecule has 1 aliphatic heterocycles. The number of ether oxygens (including phenoxy) is 1. The van der Waals surface area contributed by atoms with Gasteiger partial charge in [0.2, 0.25) is 0 Å². The second-order valence-corrected chi connectivity index (χ2v) is 9.92. The highest BCUT2D eigenvalue weighted by atomic mass is 19.4. The van der Waals surface area contributed by atoms with E-state index in [4.69, 9.17) is 11.1 Å². The van der Waals surface area contributed by atoms with Crippen molar-refractivity contribution < 1.29 is 17.9 Å². The number of anilines is 1. The van der Waals surface area contributed by atoms with Gasteiger partial charge in [-0.15, -0.1) is 13.2 Å². The van der Waals surface area contributed by atoms with E-state index in [0.717, 1.165) is 44.5 Å². The number of rotatable bonds is 8. The molecule has 3 aliphatic rings. The normalized spacial score (nSPS) is 28.1. The summed E-state index contributed by atoms with van der Waals surface area (Å²) in [6.07, 6.45) is 0.506. The first-order valence-corrected chi connectivity index (χ1v) is 12.1. The van der Waals surface area contributed by atoms with Crippen molar-refractivity contribution in [2.24, 2.45) is 17.8 Å². The van der Waals surface area contributed by atoms with Crippen molar-refractivity contribution in [3.63, 3.8) is 0 Å². The molecule has 1 aromatic rings. The number of hydrogen-bond donors (Lipinski definition) is 3. The van der Waals surface area contributed by atoms with Gasteiger partial charge < -0.3 is 26.1 Å². The number of pyridine rings is 1. The maximum absolute atomic E-state index is 12.7. The Bertz CT molecular complexity index is 914. The molecule has 34 heavy (non-hydrogen) atoms. The first-order chi connectivity index (χ1) is 16.1. The van der Waals surface area contributed by atoms with Crippen LogP contribution in [-0.2, 0) is 0 Å². The summed E-state index contributed by atoms with van der Waals surface area (Å²) in [5.41, 5.74) is 6.83. The molecular weight excluding hydrogens is 445 g/mol. The van der Waals surface area contributed by atoms with Crippen LogP contribution in [0.2, 0.25) is 0 Å². The van der Waals surface area contributed by atoms with Gasteiger partial charge in [0.15, 0.2) is 11.6 Å². The van der Waals surface area contributed by atoms with Gasteiger partial charge in [-0.3, -0.25) is 4.90 Å². The van der Waals surface area contributed by atoms with E-state index in [1.807, 2.05) is 13.8 Å². The van der Waals surface area contributed by atoms with E-state index >= 15 is 0 Å². The molecule has 2 heterocycles. The lowest BCUT2D eigenvalue weighted by atomic mass is 10.0. The predicted octanol–water partition coefficient (Wildman–Crippen LogP) is 3.47. The number of nitrogens with one attached hydrogen (secondary N) is 2. The van der Waals surface area contributed by atoms with Crippen LogP contribution in [0.4, 0.5) is 19.0 Å². The molecule has 3 fully saturated rings. The number of aromatic nitrogens is 1. The zero-order valence-electron chi connectivity index (χ0n) is 20.0. The van der Waals surface area contributed by atoms with Crippen LogP contribution >= 0.6 is 0 Å². The molecular formula is C24H35F3N6O. The summed E-state index contributed by atoms with van der Waals surface area (Å²) in [6.45, 7) is 12.0. The average molecular weight is 481 g/mol. The smallest absolute Gasteiger partial charge is 0.402 e. The lowest BCUT2D eigenvalue weighted by Crippen LogP contribution is -2.49. The predicted molar refractivity (Wildman–Crippen MR) is 126 cm³/mol. The van der Waals surface area contributed by atoms with E-state index < -0.39 is 12.1 Å². The van der Waals surface area contributed by atoms with Crippen molar-refractivity contribution in [3.05, 3.63) is 29.6 Å². The van der Waals surface area contributed by atoms with Gasteiger partial charge >= 0.3 is 6.36 Å². The minimum atomic E-state index is -4.87. The maximum Gasteiger partial charge on any atom is 0.573 e. The molecule has 7 nitrogen and oxygen atoms in total. The van der Waals surface area contributed by atoms with Gasteiger partial charge in [-0.05, 0) is 57.2 Å². The fourth-order valence-corrected chi connectivity index (χ4v) is 5.63. The van der Waals surface area contributed by atoms with Crippen molar-refractivity contribution in [3.8, 4) is 5.75 Å². The Morgan fingerprint density at radius 2 is 1.91 bits per heavy atom. The Hall–Kier alpha value is -2.33. The molecule has 1 aromatic heterocycles. The van der Waals surface area contributed by atoms with Crippen LogP contribution in [0.1, 0.15) is 39.2 Å². The van der Waals surface area contributed by atoms with Gasteiger partial charge in [0.05, 0.1) is 5.71 Å². The lowest BCUT2D eigenvalue weighted by Gasteiger charge is -2.38. The van der Waals surface area contributed by atoms with Crippen LogP contribution in [0.15, 0.2) is 24.0 Å². The van der Waals surface area contributed by atoms with Gasteiger partial charge in [-0.2, -0.15) is 0 Å². The van der Waals surface area contributed by atoms with Crippen molar-refractivity contribution in [1.29, 1.82) is 5.41 Å². The SMILES string of the molecule is CCN1CCN(C2C[C@@H]3[C@H](C2)[C@H]3/C(=C/C(=N)c2cnc(N)c(OC(F)(F)F)c2)NC(C)C)CC1. The summed E-state index contributed by atoms with van der Waals surface area (Å²) >= 11 is 0. The molecule has 2 aliphatic carbocycles. The quantitative estimate of drug-likeness (QED) is 0.494. The third-order valence-electron chi connectivity index (χ3n) is 7.32. The average Bonchev–Trinajstić information content (AvgIpc) is 3.26. The van der Waals surface area contributed by atoms with Crippen molar-refractivity contribution in [2.45, 2.75) is 52.1 Å². The molecule has 0 amide bonds. The number of nitrogens with zero attached hydrogens (tertiary/aromatic N) is 3.